The third-order valence-electron chi connectivity index (χ3n) is 4.28. The molecule has 5 nitrogen and oxygen atoms in total. The van der Waals surface area contributed by atoms with Gasteiger partial charge in [-0.1, -0.05) is 48.5 Å². The maximum absolute atomic E-state index is 11.0. The fourth-order valence-corrected chi connectivity index (χ4v) is 2.96. The zero-order valence-corrected chi connectivity index (χ0v) is 15.3. The van der Waals surface area contributed by atoms with Crippen LogP contribution in [0.4, 0.5) is 0 Å². The lowest BCUT2D eigenvalue weighted by molar-refractivity contribution is -0.892. The van der Waals surface area contributed by atoms with Crippen molar-refractivity contribution in [3.63, 3.8) is 0 Å². The number of aromatic nitrogens is 2. The summed E-state index contributed by atoms with van der Waals surface area (Å²) in [5.41, 5.74) is 4.37. The molecule has 0 saturated carbocycles. The van der Waals surface area contributed by atoms with Crippen LogP contribution >= 0.6 is 0 Å². The molecule has 1 aromatic heterocycles. The predicted molar refractivity (Wildman–Crippen MR) is 103 cm³/mol. The molecule has 26 heavy (non-hydrogen) atoms. The van der Waals surface area contributed by atoms with Crippen molar-refractivity contribution in [2.45, 2.75) is 13.5 Å². The summed E-state index contributed by atoms with van der Waals surface area (Å²) in [7, 11) is 2.14. The molecule has 0 radical (unpaired) electrons. The SMILES string of the molecule is CC(=O)NCC[NH+](C)Cc1cn(-c2ccccc2)nc1-c1ccccc1. The molecule has 3 aromatic rings. The van der Waals surface area contributed by atoms with Gasteiger partial charge in [0.25, 0.3) is 0 Å². The maximum Gasteiger partial charge on any atom is 0.217 e. The number of benzene rings is 2. The van der Waals surface area contributed by atoms with Crippen LogP contribution in [0.3, 0.4) is 0 Å². The van der Waals surface area contributed by atoms with Crippen molar-refractivity contribution in [2.75, 3.05) is 20.1 Å². The number of rotatable bonds is 7. The number of nitrogens with zero attached hydrogens (tertiary/aromatic N) is 2. The fourth-order valence-electron chi connectivity index (χ4n) is 2.96. The second-order valence-electron chi connectivity index (χ2n) is 6.52. The smallest absolute Gasteiger partial charge is 0.217 e. The van der Waals surface area contributed by atoms with E-state index in [9.17, 15) is 4.79 Å². The van der Waals surface area contributed by atoms with Crippen molar-refractivity contribution >= 4 is 5.91 Å². The van der Waals surface area contributed by atoms with Crippen molar-refractivity contribution in [1.82, 2.24) is 15.1 Å². The van der Waals surface area contributed by atoms with Gasteiger partial charge in [0.1, 0.15) is 12.2 Å². The second kappa shape index (κ2) is 8.45. The number of likely N-dealkylation sites (N-methyl/N-ethyl adjacent to an activating group) is 1. The summed E-state index contributed by atoms with van der Waals surface area (Å²) >= 11 is 0. The van der Waals surface area contributed by atoms with Gasteiger partial charge in [-0.15, -0.1) is 0 Å². The van der Waals surface area contributed by atoms with Gasteiger partial charge in [-0.2, -0.15) is 5.10 Å². The number of amides is 1. The average molecular weight is 349 g/mol. The topological polar surface area (TPSA) is 51.4 Å². The number of hydrogen-bond acceptors (Lipinski definition) is 2. The minimum atomic E-state index is 0.0136. The molecule has 0 saturated heterocycles. The molecule has 3 rings (SSSR count). The molecule has 0 bridgehead atoms. The van der Waals surface area contributed by atoms with Crippen LogP contribution in [0.1, 0.15) is 12.5 Å². The number of para-hydroxylation sites is 1. The lowest BCUT2D eigenvalue weighted by atomic mass is 10.1. The zero-order chi connectivity index (χ0) is 18.4. The van der Waals surface area contributed by atoms with Crippen molar-refractivity contribution in [3.8, 4) is 16.9 Å². The monoisotopic (exact) mass is 349 g/mol. The molecule has 1 amide bonds. The number of carbonyl (C=O) groups excluding carboxylic acids is 1. The van der Waals surface area contributed by atoms with Crippen LogP contribution < -0.4 is 10.2 Å². The Balaban J connectivity index is 1.85. The molecule has 1 heterocycles. The highest BCUT2D eigenvalue weighted by Gasteiger charge is 2.15. The molecule has 0 aliphatic carbocycles. The van der Waals surface area contributed by atoms with Crippen LogP contribution in [0.15, 0.2) is 66.9 Å². The minimum absolute atomic E-state index is 0.0136. The van der Waals surface area contributed by atoms with E-state index < -0.39 is 0 Å². The van der Waals surface area contributed by atoms with E-state index in [4.69, 9.17) is 5.10 Å². The van der Waals surface area contributed by atoms with Gasteiger partial charge in [0, 0.05) is 18.7 Å². The van der Waals surface area contributed by atoms with Gasteiger partial charge in [0.05, 0.1) is 31.4 Å². The highest BCUT2D eigenvalue weighted by molar-refractivity contribution is 5.72. The summed E-state index contributed by atoms with van der Waals surface area (Å²) in [6, 6.07) is 20.4. The molecule has 1 unspecified atom stereocenters. The largest absolute Gasteiger partial charge is 0.351 e. The van der Waals surface area contributed by atoms with E-state index in [0.29, 0.717) is 6.54 Å². The Morgan fingerprint density at radius 1 is 1.08 bits per heavy atom. The lowest BCUT2D eigenvalue weighted by Crippen LogP contribution is -3.08. The van der Waals surface area contributed by atoms with Crippen LogP contribution in [0.2, 0.25) is 0 Å². The lowest BCUT2D eigenvalue weighted by Gasteiger charge is -2.14. The first-order valence-electron chi connectivity index (χ1n) is 8.88. The van der Waals surface area contributed by atoms with Gasteiger partial charge >= 0.3 is 0 Å². The van der Waals surface area contributed by atoms with Gasteiger partial charge in [-0.05, 0) is 12.1 Å². The Hall–Kier alpha value is -2.92. The Bertz CT molecular complexity index is 843. The second-order valence-corrected chi connectivity index (χ2v) is 6.52. The third-order valence-corrected chi connectivity index (χ3v) is 4.28. The van der Waals surface area contributed by atoms with Crippen LogP contribution in [-0.4, -0.2) is 35.8 Å². The summed E-state index contributed by atoms with van der Waals surface area (Å²) in [5.74, 6) is 0.0136. The van der Waals surface area contributed by atoms with Crippen molar-refractivity contribution < 1.29 is 9.69 Å². The summed E-state index contributed by atoms with van der Waals surface area (Å²) < 4.78 is 1.94. The van der Waals surface area contributed by atoms with E-state index in [2.05, 4.69) is 42.8 Å². The van der Waals surface area contributed by atoms with Crippen molar-refractivity contribution in [3.05, 3.63) is 72.4 Å². The Morgan fingerprint density at radius 2 is 1.73 bits per heavy atom. The minimum Gasteiger partial charge on any atom is -0.351 e. The maximum atomic E-state index is 11.0. The summed E-state index contributed by atoms with van der Waals surface area (Å²) in [6.07, 6.45) is 2.11. The van der Waals surface area contributed by atoms with Gasteiger partial charge in [-0.3, -0.25) is 4.79 Å². The summed E-state index contributed by atoms with van der Waals surface area (Å²) in [6.45, 7) is 3.93. The molecule has 134 valence electrons. The average Bonchev–Trinajstić information content (AvgIpc) is 3.06. The van der Waals surface area contributed by atoms with Crippen molar-refractivity contribution in [2.24, 2.45) is 0 Å². The quantitative estimate of drug-likeness (QED) is 0.682. The molecule has 2 N–H and O–H groups in total. The van der Waals surface area contributed by atoms with Gasteiger partial charge in [0.2, 0.25) is 5.91 Å². The highest BCUT2D eigenvalue weighted by Crippen LogP contribution is 2.23. The number of hydrogen-bond donors (Lipinski definition) is 2. The van der Waals surface area contributed by atoms with Crippen LogP contribution in [0.25, 0.3) is 16.9 Å². The Morgan fingerprint density at radius 3 is 2.38 bits per heavy atom. The van der Waals surface area contributed by atoms with Crippen LogP contribution in [-0.2, 0) is 11.3 Å². The van der Waals surface area contributed by atoms with E-state index in [1.54, 1.807) is 6.92 Å². The molecular weight excluding hydrogens is 324 g/mol. The first-order valence-corrected chi connectivity index (χ1v) is 8.88. The Labute approximate surface area is 154 Å². The van der Waals surface area contributed by atoms with Crippen LogP contribution in [0.5, 0.6) is 0 Å². The molecule has 0 aliphatic heterocycles. The van der Waals surface area contributed by atoms with Crippen LogP contribution in [0, 0.1) is 0 Å². The fraction of sp³-hybridized carbons (Fsp3) is 0.238. The van der Waals surface area contributed by atoms with Gasteiger partial charge < -0.3 is 10.2 Å². The van der Waals surface area contributed by atoms with E-state index in [0.717, 1.165) is 30.0 Å². The van der Waals surface area contributed by atoms with E-state index in [1.165, 1.54) is 10.5 Å². The van der Waals surface area contributed by atoms with E-state index in [1.807, 2.05) is 41.1 Å². The standard InChI is InChI=1S/C21H24N4O/c1-17(26)22-13-14-24(2)15-19-16-25(20-11-7-4-8-12-20)23-21(19)18-9-5-3-6-10-18/h3-12,16H,13-15H2,1-2H3,(H,22,26)/p+1. The summed E-state index contributed by atoms with van der Waals surface area (Å²) in [4.78, 5) is 12.4. The molecule has 1 atom stereocenters. The predicted octanol–water partition coefficient (Wildman–Crippen LogP) is 1.69. The first kappa shape index (κ1) is 17.9. The molecule has 0 spiro atoms. The first-order chi connectivity index (χ1) is 12.6. The molecule has 0 fully saturated rings. The molecule has 5 heteroatoms. The number of nitrogens with one attached hydrogen (secondary N) is 2. The molecule has 0 aliphatic rings. The highest BCUT2D eigenvalue weighted by atomic mass is 16.1. The molecular formula is C21H25N4O+. The van der Waals surface area contributed by atoms with Crippen molar-refractivity contribution in [1.29, 1.82) is 0 Å². The third kappa shape index (κ3) is 4.58. The Kier molecular flexibility index (Phi) is 5.81. The van der Waals surface area contributed by atoms with E-state index >= 15 is 0 Å². The normalized spacial score (nSPS) is 11.9. The van der Waals surface area contributed by atoms with E-state index in [-0.39, 0.29) is 5.91 Å². The van der Waals surface area contributed by atoms with Gasteiger partial charge in [-0.25, -0.2) is 4.68 Å². The zero-order valence-electron chi connectivity index (χ0n) is 15.3. The molecule has 2 aromatic carbocycles. The van der Waals surface area contributed by atoms with Gasteiger partial charge in [0.15, 0.2) is 0 Å². The number of quaternary nitrogens is 1. The number of carbonyl (C=O) groups is 1. The summed E-state index contributed by atoms with van der Waals surface area (Å²) in [5, 5.41) is 7.70.